The van der Waals surface area contributed by atoms with Crippen LogP contribution in [0.25, 0.3) is 11.1 Å². The average Bonchev–Trinajstić information content (AvgIpc) is 3.35. The van der Waals surface area contributed by atoms with Gasteiger partial charge in [-0.15, -0.1) is 0 Å². The summed E-state index contributed by atoms with van der Waals surface area (Å²) < 4.78 is 4.92. The predicted molar refractivity (Wildman–Crippen MR) is 129 cm³/mol. The number of rotatable bonds is 10. The van der Waals surface area contributed by atoms with E-state index in [4.69, 9.17) is 9.84 Å². The summed E-state index contributed by atoms with van der Waals surface area (Å²) in [5.41, 5.74) is 1.88. The molecule has 2 atom stereocenters. The smallest absolute Gasteiger partial charge is 0.356 e. The molecule has 0 aliphatic rings. The zero-order chi connectivity index (χ0) is 25.6. The highest BCUT2D eigenvalue weighted by atomic mass is 16.5. The third-order valence-electron chi connectivity index (χ3n) is 5.97. The average molecular weight is 480 g/mol. The Balaban J connectivity index is 1.88. The van der Waals surface area contributed by atoms with E-state index in [-0.39, 0.29) is 24.4 Å². The Labute approximate surface area is 203 Å². The molecule has 9 heteroatoms. The topological polar surface area (TPSA) is 142 Å². The van der Waals surface area contributed by atoms with Gasteiger partial charge in [-0.05, 0) is 23.6 Å². The molecule has 0 unspecified atom stereocenters. The van der Waals surface area contributed by atoms with Gasteiger partial charge in [-0.1, -0.05) is 68.4 Å². The number of aliphatic hydroxyl groups excluding tert-OH is 1. The van der Waals surface area contributed by atoms with Gasteiger partial charge in [0, 0.05) is 23.9 Å². The van der Waals surface area contributed by atoms with Crippen LogP contribution < -0.4 is 5.32 Å². The highest BCUT2D eigenvalue weighted by Crippen LogP contribution is 2.32. The van der Waals surface area contributed by atoms with Gasteiger partial charge in [-0.3, -0.25) is 9.89 Å². The fourth-order valence-electron chi connectivity index (χ4n) is 3.80. The molecule has 9 nitrogen and oxygen atoms in total. The molecule has 4 N–H and O–H groups in total. The number of hydrogen-bond donors (Lipinski definition) is 4. The van der Waals surface area contributed by atoms with Gasteiger partial charge >= 0.3 is 11.9 Å². The van der Waals surface area contributed by atoms with E-state index >= 15 is 0 Å². The van der Waals surface area contributed by atoms with Crippen LogP contribution in [-0.2, 0) is 14.9 Å². The van der Waals surface area contributed by atoms with Crippen molar-refractivity contribution in [3.8, 4) is 11.1 Å². The van der Waals surface area contributed by atoms with Gasteiger partial charge in [-0.25, -0.2) is 9.59 Å². The molecule has 0 aliphatic heterocycles. The van der Waals surface area contributed by atoms with Gasteiger partial charge < -0.3 is 20.3 Å². The number of H-pyrrole nitrogens is 1. The van der Waals surface area contributed by atoms with Crippen LogP contribution in [0.5, 0.6) is 0 Å². The third kappa shape index (κ3) is 6.13. The first kappa shape index (κ1) is 25.6. The van der Waals surface area contributed by atoms with Crippen LogP contribution >= 0.6 is 0 Å². The molecule has 0 saturated heterocycles. The number of carbonyl (C=O) groups excluding carboxylic acids is 2. The SMILES string of the molecule is CCOC(=O)[C@H](O)C[C@H](NC(=O)c1cc(C(=O)O)n[nH]1)C(C)(C)c1ccc(-c2ccccc2)cc1. The van der Waals surface area contributed by atoms with E-state index in [1.807, 2.05) is 68.4 Å². The summed E-state index contributed by atoms with van der Waals surface area (Å²) in [5.74, 6) is -2.66. The molecule has 184 valence electrons. The Hall–Kier alpha value is -3.98. The quantitative estimate of drug-likeness (QED) is 0.327. The van der Waals surface area contributed by atoms with Crippen LogP contribution in [0.2, 0.25) is 0 Å². The van der Waals surface area contributed by atoms with Crippen molar-refractivity contribution < 1.29 is 29.3 Å². The monoisotopic (exact) mass is 479 g/mol. The number of hydrogen-bond acceptors (Lipinski definition) is 6. The minimum absolute atomic E-state index is 0.0479. The number of carboxylic acids is 1. The molecule has 0 fully saturated rings. The van der Waals surface area contributed by atoms with Crippen molar-refractivity contribution in [3.63, 3.8) is 0 Å². The Morgan fingerprint density at radius 3 is 2.26 bits per heavy atom. The number of aliphatic hydroxyl groups is 1. The molecular formula is C26H29N3O6. The highest BCUT2D eigenvalue weighted by Gasteiger charge is 2.36. The van der Waals surface area contributed by atoms with Gasteiger partial charge in [0.1, 0.15) is 5.69 Å². The number of aromatic carboxylic acids is 1. The van der Waals surface area contributed by atoms with Crippen molar-refractivity contribution in [2.75, 3.05) is 6.61 Å². The number of carboxylic acid groups (broad SMARTS) is 1. The van der Waals surface area contributed by atoms with E-state index in [1.54, 1.807) is 6.92 Å². The molecule has 1 heterocycles. The molecular weight excluding hydrogens is 450 g/mol. The van der Waals surface area contributed by atoms with E-state index < -0.39 is 35.4 Å². The van der Waals surface area contributed by atoms with Crippen molar-refractivity contribution in [2.24, 2.45) is 0 Å². The predicted octanol–water partition coefficient (Wildman–Crippen LogP) is 3.17. The number of nitrogens with one attached hydrogen (secondary N) is 2. The van der Waals surface area contributed by atoms with E-state index in [2.05, 4.69) is 15.5 Å². The first-order valence-corrected chi connectivity index (χ1v) is 11.2. The van der Waals surface area contributed by atoms with Crippen molar-refractivity contribution in [1.29, 1.82) is 0 Å². The van der Waals surface area contributed by atoms with Gasteiger partial charge in [-0.2, -0.15) is 5.10 Å². The largest absolute Gasteiger partial charge is 0.476 e. The maximum atomic E-state index is 12.9. The van der Waals surface area contributed by atoms with Gasteiger partial charge in [0.05, 0.1) is 6.61 Å². The van der Waals surface area contributed by atoms with E-state index in [1.165, 1.54) is 0 Å². The van der Waals surface area contributed by atoms with Crippen LogP contribution in [0.4, 0.5) is 0 Å². The van der Waals surface area contributed by atoms with Crippen molar-refractivity contribution >= 4 is 17.8 Å². The molecule has 3 aromatic rings. The number of esters is 1. The van der Waals surface area contributed by atoms with Gasteiger partial charge in [0.15, 0.2) is 11.8 Å². The fraction of sp³-hybridized carbons (Fsp3) is 0.308. The Bertz CT molecular complexity index is 1170. The van der Waals surface area contributed by atoms with Crippen LogP contribution in [0, 0.1) is 0 Å². The van der Waals surface area contributed by atoms with Crippen molar-refractivity contribution in [2.45, 2.75) is 44.8 Å². The summed E-state index contributed by atoms with van der Waals surface area (Å²) in [5, 5.41) is 28.4. The minimum atomic E-state index is -1.46. The molecule has 1 aromatic heterocycles. The molecule has 35 heavy (non-hydrogen) atoms. The highest BCUT2D eigenvalue weighted by molar-refractivity contribution is 5.95. The zero-order valence-corrected chi connectivity index (χ0v) is 19.8. The molecule has 0 aliphatic carbocycles. The summed E-state index contributed by atoms with van der Waals surface area (Å²) >= 11 is 0. The Morgan fingerprint density at radius 2 is 1.69 bits per heavy atom. The first-order valence-electron chi connectivity index (χ1n) is 11.2. The Morgan fingerprint density at radius 1 is 1.06 bits per heavy atom. The molecule has 0 bridgehead atoms. The van der Waals surface area contributed by atoms with Crippen molar-refractivity contribution in [3.05, 3.63) is 77.6 Å². The summed E-state index contributed by atoms with van der Waals surface area (Å²) in [7, 11) is 0. The number of ether oxygens (including phenoxy) is 1. The summed E-state index contributed by atoms with van der Waals surface area (Å²) in [6.45, 7) is 5.54. The standard InChI is InChI=1S/C26H29N3O6/c1-4-35-25(34)21(30)15-22(27-23(31)19-14-20(24(32)33)29-28-19)26(2,3)18-12-10-17(11-13-18)16-8-6-5-7-9-16/h5-14,21-22,30H,4,15H2,1-3H3,(H,27,31)(H,28,29)(H,32,33)/t21-,22+/m1/s1. The van der Waals surface area contributed by atoms with Gasteiger partial charge in [0.2, 0.25) is 0 Å². The third-order valence-corrected chi connectivity index (χ3v) is 5.97. The number of amides is 1. The van der Waals surface area contributed by atoms with Crippen LogP contribution in [-0.4, -0.2) is 57.0 Å². The molecule has 0 radical (unpaired) electrons. The maximum Gasteiger partial charge on any atom is 0.356 e. The summed E-state index contributed by atoms with van der Waals surface area (Å²) in [6, 6.07) is 18.1. The minimum Gasteiger partial charge on any atom is -0.476 e. The van der Waals surface area contributed by atoms with E-state index in [0.717, 1.165) is 22.8 Å². The zero-order valence-electron chi connectivity index (χ0n) is 19.8. The van der Waals surface area contributed by atoms with Gasteiger partial charge in [0.25, 0.3) is 5.91 Å². The first-order chi connectivity index (χ1) is 16.6. The fourth-order valence-corrected chi connectivity index (χ4v) is 3.80. The van der Waals surface area contributed by atoms with Crippen LogP contribution in [0.3, 0.4) is 0 Å². The molecule has 1 amide bonds. The lowest BCUT2D eigenvalue weighted by atomic mass is 9.75. The second-order valence-corrected chi connectivity index (χ2v) is 8.67. The van der Waals surface area contributed by atoms with E-state index in [0.29, 0.717) is 0 Å². The number of carbonyl (C=O) groups is 3. The second kappa shape index (κ2) is 11.0. The summed E-state index contributed by atoms with van der Waals surface area (Å²) in [4.78, 5) is 36.1. The molecule has 0 saturated carbocycles. The second-order valence-electron chi connectivity index (χ2n) is 8.67. The van der Waals surface area contributed by atoms with E-state index in [9.17, 15) is 19.5 Å². The Kier molecular flexibility index (Phi) is 8.03. The van der Waals surface area contributed by atoms with Crippen LogP contribution in [0.1, 0.15) is 53.7 Å². The number of aromatic nitrogens is 2. The number of benzene rings is 2. The lowest BCUT2D eigenvalue weighted by Gasteiger charge is -2.36. The van der Waals surface area contributed by atoms with Crippen molar-refractivity contribution in [1.82, 2.24) is 15.5 Å². The molecule has 3 rings (SSSR count). The normalized spacial score (nSPS) is 13.0. The lowest BCUT2D eigenvalue weighted by Crippen LogP contribution is -2.50. The molecule has 0 spiro atoms. The number of aromatic amines is 1. The summed E-state index contributed by atoms with van der Waals surface area (Å²) in [6.07, 6.45) is -1.57. The lowest BCUT2D eigenvalue weighted by molar-refractivity contribution is -0.153. The van der Waals surface area contributed by atoms with Crippen LogP contribution in [0.15, 0.2) is 60.7 Å². The maximum absolute atomic E-state index is 12.9. The molecule has 2 aromatic carbocycles. The number of nitrogens with zero attached hydrogens (tertiary/aromatic N) is 1.